The van der Waals surface area contributed by atoms with Gasteiger partial charge in [-0.3, -0.25) is 18.7 Å². The number of fused-ring (bicyclic) bond motifs is 1. The van der Waals surface area contributed by atoms with Gasteiger partial charge in [0.25, 0.3) is 17.4 Å². The van der Waals surface area contributed by atoms with Gasteiger partial charge in [0.1, 0.15) is 0 Å². The summed E-state index contributed by atoms with van der Waals surface area (Å²) in [5.74, 6) is 0. The summed E-state index contributed by atoms with van der Waals surface area (Å²) >= 11 is 0. The predicted octanol–water partition coefficient (Wildman–Crippen LogP) is 5.96. The Morgan fingerprint density at radius 3 is 1.51 bits per heavy atom. The van der Waals surface area contributed by atoms with E-state index in [2.05, 4.69) is 6.33 Å². The average Bonchev–Trinajstić information content (AvgIpc) is 2.96. The van der Waals surface area contributed by atoms with Crippen molar-refractivity contribution in [3.05, 3.63) is 145 Å². The first kappa shape index (κ1) is 25.8. The maximum absolute atomic E-state index is 13.7. The summed E-state index contributed by atoms with van der Waals surface area (Å²) in [6.07, 6.45) is 3.16. The van der Waals surface area contributed by atoms with E-state index < -0.39 is 0 Å². The molecule has 4 heteroatoms. The third-order valence-electron chi connectivity index (χ3n) is 6.38. The van der Waals surface area contributed by atoms with Gasteiger partial charge in [0, 0.05) is 10.8 Å². The predicted molar refractivity (Wildman–Crippen MR) is 151 cm³/mol. The van der Waals surface area contributed by atoms with Gasteiger partial charge in [-0.25, -0.2) is 0 Å². The van der Waals surface area contributed by atoms with E-state index in [-0.39, 0.29) is 11.1 Å². The summed E-state index contributed by atoms with van der Waals surface area (Å²) in [4.78, 5) is 27.3. The molecule has 37 heavy (non-hydrogen) atoms. The second-order valence-electron chi connectivity index (χ2n) is 9.58. The Balaban J connectivity index is 0.000000469. The van der Waals surface area contributed by atoms with Crippen LogP contribution < -0.4 is 15.7 Å². The molecule has 0 radical (unpaired) electrons. The molecule has 0 aliphatic carbocycles. The van der Waals surface area contributed by atoms with Crippen LogP contribution in [0, 0.1) is 47.9 Å². The minimum absolute atomic E-state index is 0.260. The van der Waals surface area contributed by atoms with E-state index in [0.717, 1.165) is 44.8 Å². The maximum atomic E-state index is 13.7. The average molecular weight is 489 g/mol. The molecule has 0 atom stereocenters. The third-order valence-corrected chi connectivity index (χ3v) is 6.38. The smallest absolute Gasteiger partial charge is 0.279 e. The number of aromatic nitrogens is 2. The Hall–Kier alpha value is -4.31. The quantitative estimate of drug-likeness (QED) is 0.227. The van der Waals surface area contributed by atoms with Crippen molar-refractivity contribution in [3.8, 4) is 11.4 Å². The molecule has 0 saturated carbocycles. The Morgan fingerprint density at radius 1 is 0.595 bits per heavy atom. The van der Waals surface area contributed by atoms with Crippen molar-refractivity contribution in [1.29, 1.82) is 0 Å². The highest BCUT2D eigenvalue weighted by Crippen LogP contribution is 2.20. The van der Waals surface area contributed by atoms with Gasteiger partial charge < -0.3 is 0 Å². The van der Waals surface area contributed by atoms with Gasteiger partial charge in [-0.1, -0.05) is 96.1 Å². The lowest BCUT2D eigenvalue weighted by atomic mass is 10.0. The lowest BCUT2D eigenvalue weighted by Crippen LogP contribution is -2.49. The Kier molecular flexibility index (Phi) is 7.49. The standard InChI is InChI=1S/C27H26N2O2.C6H6/c1-16-11-18(3)24(19(4)12-16)28-15-29(25-20(5)13-17(2)14-21(25)6)27(31)23-10-8-7-9-22(23)26(28)30;1-2-4-6-5-3-1/h7-14H,1-6H3;1-6H. The molecule has 186 valence electrons. The number of benzene rings is 4. The topological polar surface area (TPSA) is 43.0 Å². The highest BCUT2D eigenvalue weighted by Gasteiger charge is 2.17. The van der Waals surface area contributed by atoms with E-state index in [0.29, 0.717) is 10.8 Å². The van der Waals surface area contributed by atoms with Crippen LogP contribution in [0.15, 0.2) is 94.5 Å². The normalized spacial score (nSPS) is 10.6. The van der Waals surface area contributed by atoms with Gasteiger partial charge >= 0.3 is 0 Å². The summed E-state index contributed by atoms with van der Waals surface area (Å²) in [5, 5.41) is 0.758. The SMILES string of the molecule is Cc1cc(C)c(-n2[c-][n+](-c3c(C)cc(C)cc3C)c(=O)c3ccccc3c2=O)c(C)c1.c1ccccc1. The Labute approximate surface area is 218 Å². The number of hydrogen-bond acceptors (Lipinski definition) is 2. The molecule has 1 aromatic heterocycles. The van der Waals surface area contributed by atoms with Crippen molar-refractivity contribution in [2.45, 2.75) is 41.5 Å². The minimum atomic E-state index is -0.260. The fourth-order valence-electron chi connectivity index (χ4n) is 5.03. The van der Waals surface area contributed by atoms with Crippen LogP contribution in [0.25, 0.3) is 22.1 Å². The molecule has 4 nitrogen and oxygen atoms in total. The minimum Gasteiger partial charge on any atom is -0.287 e. The third kappa shape index (κ3) is 5.29. The first-order chi connectivity index (χ1) is 17.7. The molecule has 0 bridgehead atoms. The van der Waals surface area contributed by atoms with Gasteiger partial charge in [0.05, 0.1) is 11.4 Å². The molecule has 4 aromatic carbocycles. The van der Waals surface area contributed by atoms with Gasteiger partial charge in [0.15, 0.2) is 0 Å². The molecule has 1 heterocycles. The van der Waals surface area contributed by atoms with Crippen molar-refractivity contribution in [2.75, 3.05) is 0 Å². The zero-order chi connectivity index (χ0) is 26.7. The number of hydrogen-bond donors (Lipinski definition) is 0. The fraction of sp³-hybridized carbons (Fsp3) is 0.182. The van der Waals surface area contributed by atoms with Gasteiger partial charge in [0.2, 0.25) is 0 Å². The highest BCUT2D eigenvalue weighted by atomic mass is 16.1. The molecule has 0 spiro atoms. The van der Waals surface area contributed by atoms with E-state index in [1.807, 2.05) is 102 Å². The summed E-state index contributed by atoms with van der Waals surface area (Å²) in [5.41, 5.74) is 7.09. The van der Waals surface area contributed by atoms with Crippen LogP contribution in [-0.4, -0.2) is 4.57 Å². The van der Waals surface area contributed by atoms with Crippen LogP contribution in [0.1, 0.15) is 33.4 Å². The van der Waals surface area contributed by atoms with Crippen molar-refractivity contribution in [1.82, 2.24) is 4.57 Å². The highest BCUT2D eigenvalue weighted by molar-refractivity contribution is 5.80. The summed E-state index contributed by atoms with van der Waals surface area (Å²) in [6, 6.07) is 27.2. The van der Waals surface area contributed by atoms with Gasteiger partial charge in [-0.2, -0.15) is 0 Å². The van der Waals surface area contributed by atoms with Crippen LogP contribution in [0.5, 0.6) is 0 Å². The van der Waals surface area contributed by atoms with Crippen molar-refractivity contribution in [3.63, 3.8) is 0 Å². The largest absolute Gasteiger partial charge is 0.287 e. The lowest BCUT2D eigenvalue weighted by molar-refractivity contribution is -0.618. The zero-order valence-corrected chi connectivity index (χ0v) is 22.3. The van der Waals surface area contributed by atoms with E-state index in [1.54, 1.807) is 24.3 Å². The first-order valence-corrected chi connectivity index (χ1v) is 12.4. The molecular formula is C33H32N2O2. The summed E-state index contributed by atoms with van der Waals surface area (Å²) in [6.45, 7) is 12.0. The maximum Gasteiger partial charge on any atom is 0.279 e. The van der Waals surface area contributed by atoms with Crippen LogP contribution >= 0.6 is 0 Å². The first-order valence-electron chi connectivity index (χ1n) is 12.4. The Morgan fingerprint density at radius 2 is 1.03 bits per heavy atom. The second-order valence-corrected chi connectivity index (χ2v) is 9.58. The van der Waals surface area contributed by atoms with E-state index in [9.17, 15) is 9.59 Å². The molecule has 5 aromatic rings. The Bertz CT molecular complexity index is 1530. The van der Waals surface area contributed by atoms with E-state index >= 15 is 0 Å². The molecular weight excluding hydrogens is 456 g/mol. The molecule has 0 amide bonds. The van der Waals surface area contributed by atoms with Crippen molar-refractivity contribution < 1.29 is 4.57 Å². The zero-order valence-electron chi connectivity index (χ0n) is 22.3. The molecule has 0 fully saturated rings. The summed E-state index contributed by atoms with van der Waals surface area (Å²) in [7, 11) is 0. The van der Waals surface area contributed by atoms with E-state index in [4.69, 9.17) is 0 Å². The summed E-state index contributed by atoms with van der Waals surface area (Å²) < 4.78 is 3.01. The fourth-order valence-corrected chi connectivity index (χ4v) is 5.03. The lowest BCUT2D eigenvalue weighted by Gasteiger charge is -2.14. The van der Waals surface area contributed by atoms with Gasteiger partial charge in [-0.15, -0.1) is 0 Å². The monoisotopic (exact) mass is 488 g/mol. The van der Waals surface area contributed by atoms with Crippen LogP contribution in [0.4, 0.5) is 0 Å². The van der Waals surface area contributed by atoms with Gasteiger partial charge in [-0.05, 0) is 63.8 Å². The number of aryl methyl sites for hydroxylation is 6. The van der Waals surface area contributed by atoms with Crippen molar-refractivity contribution >= 4 is 10.8 Å². The molecule has 0 unspecified atom stereocenters. The molecule has 5 rings (SSSR count). The molecule has 0 N–H and O–H groups in total. The van der Waals surface area contributed by atoms with Crippen molar-refractivity contribution in [2.24, 2.45) is 0 Å². The molecule has 0 aliphatic rings. The molecule has 0 aliphatic heterocycles. The van der Waals surface area contributed by atoms with Crippen LogP contribution in [0.2, 0.25) is 0 Å². The molecule has 0 saturated heterocycles. The number of rotatable bonds is 2. The van der Waals surface area contributed by atoms with Crippen LogP contribution in [-0.2, 0) is 0 Å². The number of nitrogens with zero attached hydrogens (tertiary/aromatic N) is 2. The second kappa shape index (κ2) is 10.8. The van der Waals surface area contributed by atoms with Crippen LogP contribution in [0.3, 0.4) is 0 Å². The van der Waals surface area contributed by atoms with E-state index in [1.165, 1.54) is 9.13 Å².